The van der Waals surface area contributed by atoms with Gasteiger partial charge in [0.2, 0.25) is 0 Å². The van der Waals surface area contributed by atoms with Gasteiger partial charge in [0, 0.05) is 11.1 Å². The van der Waals surface area contributed by atoms with E-state index in [1.54, 1.807) is 18.2 Å². The van der Waals surface area contributed by atoms with Crippen LogP contribution in [0.5, 0.6) is 11.5 Å². The van der Waals surface area contributed by atoms with Gasteiger partial charge in [0.25, 0.3) is 0 Å². The van der Waals surface area contributed by atoms with Crippen molar-refractivity contribution >= 4 is 29.7 Å². The normalized spacial score (nSPS) is 11.7. The summed E-state index contributed by atoms with van der Waals surface area (Å²) in [6.07, 6.45) is 5.25. The molecule has 0 atom stereocenters. The molecule has 9 heteroatoms. The number of aromatic nitrogens is 1. The van der Waals surface area contributed by atoms with Gasteiger partial charge in [0.05, 0.1) is 11.0 Å². The first-order valence-corrected chi connectivity index (χ1v) is 16.3. The van der Waals surface area contributed by atoms with Gasteiger partial charge >= 0.3 is 11.9 Å². The number of esters is 1. The number of benzene rings is 2. The topological polar surface area (TPSA) is 97.8 Å². The molecule has 2 aromatic carbocycles. The Hall–Kier alpha value is -3.59. The molecular formula is C36H49FN2O5S. The van der Waals surface area contributed by atoms with E-state index >= 15 is 0 Å². The summed E-state index contributed by atoms with van der Waals surface area (Å²) in [6.45, 7) is 17.9. The fourth-order valence-corrected chi connectivity index (χ4v) is 5.52. The van der Waals surface area contributed by atoms with E-state index < -0.39 is 17.0 Å². The second-order valence-electron chi connectivity index (χ2n) is 13.2. The number of nitrogens with zero attached hydrogens (tertiary/aromatic N) is 1. The highest BCUT2D eigenvalue weighted by Crippen LogP contribution is 2.39. The largest absolute Gasteiger partial charge is 0.478 e. The number of aryl methyl sites for hydroxylation is 1. The highest BCUT2D eigenvalue weighted by molar-refractivity contribution is 8.00. The lowest BCUT2D eigenvalue weighted by molar-refractivity contribution is -0.167. The molecule has 246 valence electrons. The number of anilines is 1. The Kier molecular flexibility index (Phi) is 13.9. The molecule has 0 radical (unpaired) electrons. The molecule has 3 rings (SSSR count). The maximum Gasteiger partial charge on any atom is 0.337 e. The summed E-state index contributed by atoms with van der Waals surface area (Å²) in [5.74, 6) is 0.284. The maximum absolute atomic E-state index is 14.6. The molecule has 1 aromatic heterocycles. The van der Waals surface area contributed by atoms with Gasteiger partial charge in [-0.2, -0.15) is 0 Å². The van der Waals surface area contributed by atoms with Crippen LogP contribution < -0.4 is 9.46 Å². The van der Waals surface area contributed by atoms with E-state index in [1.165, 1.54) is 30.3 Å². The van der Waals surface area contributed by atoms with Gasteiger partial charge in [-0.15, -0.1) is 0 Å². The maximum atomic E-state index is 14.6. The second-order valence-corrected chi connectivity index (χ2v) is 14.1. The summed E-state index contributed by atoms with van der Waals surface area (Å²) in [4.78, 5) is 28.7. The van der Waals surface area contributed by atoms with Crippen LogP contribution in [0, 0.1) is 16.6 Å². The number of rotatable bonds is 14. The monoisotopic (exact) mass is 640 g/mol. The minimum atomic E-state index is -1.02. The predicted molar refractivity (Wildman–Crippen MR) is 181 cm³/mol. The predicted octanol–water partition coefficient (Wildman–Crippen LogP) is 10.4. The van der Waals surface area contributed by atoms with Crippen molar-refractivity contribution in [1.29, 1.82) is 0 Å². The summed E-state index contributed by atoms with van der Waals surface area (Å²) in [7, 11) is 0. The third-order valence-electron chi connectivity index (χ3n) is 6.78. The molecule has 0 aliphatic rings. The van der Waals surface area contributed by atoms with E-state index in [-0.39, 0.29) is 22.8 Å². The quantitative estimate of drug-likeness (QED) is 0.102. The van der Waals surface area contributed by atoms with Gasteiger partial charge < -0.3 is 19.3 Å². The van der Waals surface area contributed by atoms with Crippen LogP contribution >= 0.6 is 11.9 Å². The molecule has 0 spiro atoms. The van der Waals surface area contributed by atoms with Gasteiger partial charge in [-0.3, -0.25) is 4.79 Å². The molecule has 0 amide bonds. The molecule has 0 aliphatic heterocycles. The molecule has 1 heterocycles. The number of carboxylic acid groups (broad SMARTS) is 1. The number of unbranched alkanes of at least 4 members (excludes halogenated alkanes) is 1. The van der Waals surface area contributed by atoms with Crippen molar-refractivity contribution < 1.29 is 28.6 Å². The van der Waals surface area contributed by atoms with Gasteiger partial charge in [-0.05, 0) is 138 Å². The lowest BCUT2D eigenvalue weighted by Gasteiger charge is -2.35. The number of hydrogen-bond donors (Lipinski definition) is 2. The summed E-state index contributed by atoms with van der Waals surface area (Å²) >= 11 is 1.34. The van der Waals surface area contributed by atoms with E-state index in [0.29, 0.717) is 35.7 Å². The number of hydrogen-bond acceptors (Lipinski definition) is 7. The van der Waals surface area contributed by atoms with Crippen LogP contribution in [0.1, 0.15) is 104 Å². The average molecular weight is 641 g/mol. The fraction of sp³-hybridized carbons (Fsp3) is 0.472. The zero-order valence-corrected chi connectivity index (χ0v) is 28.9. The van der Waals surface area contributed by atoms with Crippen LogP contribution in [0.3, 0.4) is 0 Å². The van der Waals surface area contributed by atoms with Crippen molar-refractivity contribution in [1.82, 2.24) is 4.98 Å². The van der Waals surface area contributed by atoms with E-state index in [0.717, 1.165) is 24.2 Å². The van der Waals surface area contributed by atoms with Crippen molar-refractivity contribution in [2.45, 2.75) is 105 Å². The van der Waals surface area contributed by atoms with Gasteiger partial charge in [0.1, 0.15) is 28.7 Å². The van der Waals surface area contributed by atoms with Crippen LogP contribution in [0.15, 0.2) is 65.7 Å². The number of carbonyl (C=O) groups excluding carboxylic acids is 1. The van der Waals surface area contributed by atoms with E-state index in [1.807, 2.05) is 72.7 Å². The lowest BCUT2D eigenvalue weighted by Crippen LogP contribution is -2.36. The molecule has 0 unspecified atom stereocenters. The second kappa shape index (κ2) is 16.6. The first kappa shape index (κ1) is 37.6. The molecule has 2 N–H and O–H groups in total. The molecule has 45 heavy (non-hydrogen) atoms. The Morgan fingerprint density at radius 2 is 1.56 bits per heavy atom. The molecule has 7 nitrogen and oxygen atoms in total. The van der Waals surface area contributed by atoms with E-state index in [9.17, 15) is 14.0 Å². The highest BCUT2D eigenvalue weighted by atomic mass is 32.2. The number of carboxylic acids is 1. The fourth-order valence-electron chi connectivity index (χ4n) is 4.90. The molecule has 0 aliphatic carbocycles. The standard InChI is InChI=1S/C34H43FN2O5S.C2H6/c1-32(2,3)42-31(40)34(6,7)22-33(4,5)19-9-8-10-23-20-26(14-17-28(23)35)41-25-12-15-27(16-13-25)43-37-29-18-11-24(21-36-29)30(38)39;1-2/h11-18,20-21H,8-10,19,22H2,1-7H3,(H,36,37)(H,38,39);1-2H3. The van der Waals surface area contributed by atoms with E-state index in [2.05, 4.69) is 23.6 Å². The number of carbonyl (C=O) groups is 2. The van der Waals surface area contributed by atoms with Crippen LogP contribution in [-0.4, -0.2) is 27.6 Å². The first-order chi connectivity index (χ1) is 21.0. The smallest absolute Gasteiger partial charge is 0.337 e. The van der Waals surface area contributed by atoms with Gasteiger partial charge in [-0.25, -0.2) is 14.2 Å². The molecule has 0 bridgehead atoms. The zero-order chi connectivity index (χ0) is 33.8. The summed E-state index contributed by atoms with van der Waals surface area (Å²) in [5, 5.41) is 8.98. The Morgan fingerprint density at radius 1 is 0.911 bits per heavy atom. The van der Waals surface area contributed by atoms with Crippen LogP contribution in [-0.2, 0) is 16.0 Å². The number of pyridine rings is 1. The molecule has 0 fully saturated rings. The first-order valence-electron chi connectivity index (χ1n) is 15.5. The van der Waals surface area contributed by atoms with Crippen molar-refractivity contribution in [3.63, 3.8) is 0 Å². The Balaban J connectivity index is 0.00000345. The van der Waals surface area contributed by atoms with Crippen molar-refractivity contribution in [3.05, 3.63) is 77.7 Å². The van der Waals surface area contributed by atoms with Crippen molar-refractivity contribution in [2.75, 3.05) is 4.72 Å². The Labute approximate surface area is 272 Å². The van der Waals surface area contributed by atoms with Crippen molar-refractivity contribution in [2.24, 2.45) is 10.8 Å². The molecule has 0 saturated heterocycles. The average Bonchev–Trinajstić information content (AvgIpc) is 2.96. The third kappa shape index (κ3) is 13.1. The van der Waals surface area contributed by atoms with Gasteiger partial charge in [-0.1, -0.05) is 34.1 Å². The SMILES string of the molecule is CC.CC(C)(CCCCc1cc(Oc2ccc(SNc3ccc(C(=O)O)cn3)cc2)ccc1F)CC(C)(C)C(=O)OC(C)(C)C. The molecular weight excluding hydrogens is 591 g/mol. The van der Waals surface area contributed by atoms with Crippen LogP contribution in [0.4, 0.5) is 10.2 Å². The summed E-state index contributed by atoms with van der Waals surface area (Å²) in [5.41, 5.74) is -0.428. The van der Waals surface area contributed by atoms with Crippen LogP contribution in [0.2, 0.25) is 0 Å². The number of ether oxygens (including phenoxy) is 2. The van der Waals surface area contributed by atoms with Crippen LogP contribution in [0.25, 0.3) is 0 Å². The molecule has 3 aromatic rings. The number of halogens is 1. The third-order valence-corrected chi connectivity index (χ3v) is 7.60. The van der Waals surface area contributed by atoms with Gasteiger partial charge in [0.15, 0.2) is 0 Å². The lowest BCUT2D eigenvalue weighted by atomic mass is 9.72. The zero-order valence-electron chi connectivity index (χ0n) is 28.1. The Bertz CT molecular complexity index is 1380. The minimum absolute atomic E-state index is 0.0641. The number of aromatic carboxylic acids is 1. The Morgan fingerprint density at radius 3 is 2.13 bits per heavy atom. The van der Waals surface area contributed by atoms with E-state index in [4.69, 9.17) is 14.6 Å². The highest BCUT2D eigenvalue weighted by Gasteiger charge is 2.37. The van der Waals surface area contributed by atoms with Crippen molar-refractivity contribution in [3.8, 4) is 11.5 Å². The molecule has 0 saturated carbocycles. The number of nitrogens with one attached hydrogen (secondary N) is 1. The summed E-state index contributed by atoms with van der Waals surface area (Å²) < 4.78 is 29.3. The summed E-state index contributed by atoms with van der Waals surface area (Å²) in [6, 6.07) is 15.3. The minimum Gasteiger partial charge on any atom is -0.478 e.